The first-order chi connectivity index (χ1) is 20.9. The van der Waals surface area contributed by atoms with Crippen LogP contribution in [-0.4, -0.2) is 31.1 Å². The molecule has 1 saturated carbocycles. The number of hydrogen-bond acceptors (Lipinski definition) is 4. The molecule has 2 aliphatic carbocycles. The van der Waals surface area contributed by atoms with Crippen LogP contribution in [0, 0.1) is 11.8 Å². The van der Waals surface area contributed by atoms with Gasteiger partial charge in [-0.2, -0.15) is 0 Å². The number of benzene rings is 3. The molecule has 43 heavy (non-hydrogen) atoms. The number of carbonyl (C=O) groups excluding carboxylic acids is 3. The zero-order valence-corrected chi connectivity index (χ0v) is 25.9. The van der Waals surface area contributed by atoms with Gasteiger partial charge in [-0.1, -0.05) is 106 Å². The summed E-state index contributed by atoms with van der Waals surface area (Å²) in [6.07, 6.45) is 10.2. The van der Waals surface area contributed by atoms with Gasteiger partial charge in [-0.25, -0.2) is 0 Å². The fourth-order valence-corrected chi connectivity index (χ4v) is 7.24. The van der Waals surface area contributed by atoms with E-state index in [9.17, 15) is 14.4 Å². The van der Waals surface area contributed by atoms with E-state index in [1.807, 2.05) is 36.4 Å². The van der Waals surface area contributed by atoms with Gasteiger partial charge in [0, 0.05) is 38.0 Å². The molecule has 0 aromatic heterocycles. The molecule has 3 atom stereocenters. The number of fused-ring (bicyclic) bond motifs is 1. The van der Waals surface area contributed by atoms with E-state index in [0.717, 1.165) is 36.0 Å². The molecule has 0 aliphatic heterocycles. The number of ketones is 3. The van der Waals surface area contributed by atoms with Crippen LogP contribution in [0.5, 0.6) is 0 Å². The van der Waals surface area contributed by atoms with Crippen LogP contribution in [0.25, 0.3) is 0 Å². The predicted octanol–water partition coefficient (Wildman–Crippen LogP) is 8.25. The number of rotatable bonds is 13. The van der Waals surface area contributed by atoms with Gasteiger partial charge in [-0.15, -0.1) is 0 Å². The van der Waals surface area contributed by atoms with Crippen LogP contribution in [0.1, 0.15) is 108 Å². The van der Waals surface area contributed by atoms with Crippen LogP contribution in [0.2, 0.25) is 0 Å². The molecular formula is C39H46O4. The first-order valence-corrected chi connectivity index (χ1v) is 16.3. The lowest BCUT2D eigenvalue weighted by Crippen LogP contribution is -2.36. The molecule has 5 rings (SSSR count). The molecule has 0 N–H and O–H groups in total. The number of Topliss-reactive ketones (excluding diaryl/α,β-unsaturated/α-hetero) is 3. The minimum atomic E-state index is -0.657. The summed E-state index contributed by atoms with van der Waals surface area (Å²) in [7, 11) is 1.61. The van der Waals surface area contributed by atoms with Gasteiger partial charge in [-0.3, -0.25) is 14.4 Å². The van der Waals surface area contributed by atoms with Crippen LogP contribution in [0.15, 0.2) is 72.8 Å². The van der Waals surface area contributed by atoms with E-state index in [0.29, 0.717) is 36.8 Å². The maximum absolute atomic E-state index is 13.6. The number of methoxy groups -OCH3 is 1. The van der Waals surface area contributed by atoms with E-state index in [1.54, 1.807) is 7.11 Å². The Balaban J connectivity index is 1.28. The highest BCUT2D eigenvalue weighted by Gasteiger charge is 2.40. The first kappa shape index (κ1) is 31.1. The van der Waals surface area contributed by atoms with Gasteiger partial charge in [0.2, 0.25) is 0 Å². The van der Waals surface area contributed by atoms with E-state index in [2.05, 4.69) is 43.3 Å². The predicted molar refractivity (Wildman–Crippen MR) is 172 cm³/mol. The summed E-state index contributed by atoms with van der Waals surface area (Å²) in [5.74, 6) is 0.186. The second-order valence-corrected chi connectivity index (χ2v) is 12.9. The van der Waals surface area contributed by atoms with Crippen molar-refractivity contribution in [1.29, 1.82) is 0 Å². The Bertz CT molecular complexity index is 1400. The van der Waals surface area contributed by atoms with Crippen molar-refractivity contribution in [1.82, 2.24) is 0 Å². The van der Waals surface area contributed by atoms with Crippen molar-refractivity contribution >= 4 is 17.3 Å². The second-order valence-electron chi connectivity index (χ2n) is 12.9. The number of hydrogen-bond donors (Lipinski definition) is 0. The number of carbonyl (C=O) groups is 3. The lowest BCUT2D eigenvalue weighted by molar-refractivity contribution is -0.124. The van der Waals surface area contributed by atoms with Crippen LogP contribution in [-0.2, 0) is 33.6 Å². The van der Waals surface area contributed by atoms with Gasteiger partial charge >= 0.3 is 0 Å². The van der Waals surface area contributed by atoms with Crippen molar-refractivity contribution in [3.63, 3.8) is 0 Å². The Hall–Kier alpha value is -3.37. The van der Waals surface area contributed by atoms with Crippen molar-refractivity contribution < 1.29 is 19.1 Å². The minimum Gasteiger partial charge on any atom is -0.385 e. The molecular weight excluding hydrogens is 532 g/mol. The molecule has 0 spiro atoms. The van der Waals surface area contributed by atoms with Crippen LogP contribution in [0.3, 0.4) is 0 Å². The third-order valence-electron chi connectivity index (χ3n) is 9.67. The third-order valence-corrected chi connectivity index (χ3v) is 9.67. The maximum Gasteiger partial charge on any atom is 0.173 e. The van der Waals surface area contributed by atoms with E-state index < -0.39 is 5.92 Å². The Morgan fingerprint density at radius 3 is 2.26 bits per heavy atom. The largest absolute Gasteiger partial charge is 0.385 e. The molecule has 3 unspecified atom stereocenters. The summed E-state index contributed by atoms with van der Waals surface area (Å²) in [5, 5.41) is 0. The van der Waals surface area contributed by atoms with Gasteiger partial charge in [-0.05, 0) is 71.4 Å². The Labute approximate surface area is 257 Å². The average Bonchev–Trinajstić information content (AvgIpc) is 3.02. The molecule has 0 bridgehead atoms. The van der Waals surface area contributed by atoms with E-state index in [1.165, 1.54) is 43.2 Å². The van der Waals surface area contributed by atoms with Gasteiger partial charge in [0.05, 0.1) is 5.92 Å². The van der Waals surface area contributed by atoms with Gasteiger partial charge in [0.15, 0.2) is 11.6 Å². The van der Waals surface area contributed by atoms with Crippen LogP contribution in [0.4, 0.5) is 0 Å². The second kappa shape index (κ2) is 14.9. The summed E-state index contributed by atoms with van der Waals surface area (Å²) in [6.45, 7) is 2.61. The Morgan fingerprint density at radius 2 is 1.51 bits per heavy atom. The van der Waals surface area contributed by atoms with Crippen LogP contribution >= 0.6 is 0 Å². The molecule has 3 aromatic rings. The monoisotopic (exact) mass is 578 g/mol. The third kappa shape index (κ3) is 7.97. The Kier molecular flexibility index (Phi) is 10.8. The Morgan fingerprint density at radius 1 is 0.791 bits per heavy atom. The highest BCUT2D eigenvalue weighted by Crippen LogP contribution is 2.39. The zero-order chi connectivity index (χ0) is 30.2. The molecule has 4 nitrogen and oxygen atoms in total. The lowest BCUT2D eigenvalue weighted by Gasteiger charge is -2.31. The summed E-state index contributed by atoms with van der Waals surface area (Å²) in [5.41, 5.74) is 5.90. The minimum absolute atomic E-state index is 0.0514. The SMILES string of the molecule is COCCC1C(=O)c2cc(CC(=O)Cc3cccc(C(C)Cc4ccccc4)c3)ccc2C(CCC2CCCCC2)C1=O. The van der Waals surface area contributed by atoms with Crippen LogP contribution < -0.4 is 0 Å². The molecule has 0 heterocycles. The van der Waals surface area contributed by atoms with Gasteiger partial charge < -0.3 is 4.74 Å². The summed E-state index contributed by atoms with van der Waals surface area (Å²) in [4.78, 5) is 40.4. The highest BCUT2D eigenvalue weighted by atomic mass is 16.5. The first-order valence-electron chi connectivity index (χ1n) is 16.3. The summed E-state index contributed by atoms with van der Waals surface area (Å²) < 4.78 is 5.26. The van der Waals surface area contributed by atoms with Crippen molar-refractivity contribution in [2.75, 3.05) is 13.7 Å². The molecule has 0 radical (unpaired) electrons. The summed E-state index contributed by atoms with van der Waals surface area (Å²) >= 11 is 0. The smallest absolute Gasteiger partial charge is 0.173 e. The number of ether oxygens (including phenoxy) is 1. The molecule has 3 aromatic carbocycles. The van der Waals surface area contributed by atoms with E-state index in [4.69, 9.17) is 4.74 Å². The van der Waals surface area contributed by atoms with Crippen molar-refractivity contribution in [3.05, 3.63) is 106 Å². The molecule has 0 amide bonds. The molecule has 2 aliphatic rings. The van der Waals surface area contributed by atoms with E-state index in [-0.39, 0.29) is 29.7 Å². The average molecular weight is 579 g/mol. The molecule has 0 saturated heterocycles. The summed E-state index contributed by atoms with van der Waals surface area (Å²) in [6, 6.07) is 24.7. The fourth-order valence-electron chi connectivity index (χ4n) is 7.24. The fraction of sp³-hybridized carbons (Fsp3) is 0.462. The van der Waals surface area contributed by atoms with Crippen molar-refractivity contribution in [3.8, 4) is 0 Å². The topological polar surface area (TPSA) is 60.4 Å². The van der Waals surface area contributed by atoms with Gasteiger partial charge in [0.25, 0.3) is 0 Å². The maximum atomic E-state index is 13.6. The highest BCUT2D eigenvalue weighted by molar-refractivity contribution is 6.17. The molecule has 226 valence electrons. The normalized spacial score (nSPS) is 19.7. The molecule has 1 fully saturated rings. The quantitative estimate of drug-likeness (QED) is 0.192. The van der Waals surface area contributed by atoms with Crippen molar-refractivity contribution in [2.45, 2.75) is 89.4 Å². The van der Waals surface area contributed by atoms with Crippen molar-refractivity contribution in [2.24, 2.45) is 11.8 Å². The van der Waals surface area contributed by atoms with Gasteiger partial charge in [0.1, 0.15) is 5.78 Å². The van der Waals surface area contributed by atoms with E-state index >= 15 is 0 Å². The zero-order valence-electron chi connectivity index (χ0n) is 25.9. The molecule has 4 heteroatoms. The standard InChI is InChI=1S/C39H46O4/c1-27(22-29-12-7-4-8-13-29)32-15-9-14-30(23-32)24-33(40)25-31-17-18-34-35(19-16-28-10-5-3-6-11-28)38(41)36(20-21-43-2)39(42)37(34)26-31/h4,7-9,12-15,17-18,23,26-28,35-36H,3,5-6,10-11,16,19-22,24-25H2,1-2H3. The lowest BCUT2D eigenvalue weighted by atomic mass is 9.70.